The van der Waals surface area contributed by atoms with Gasteiger partial charge in [-0.2, -0.15) is 0 Å². The fourth-order valence-electron chi connectivity index (χ4n) is 1.76. The van der Waals surface area contributed by atoms with Crippen molar-refractivity contribution >= 4 is 11.3 Å². The lowest BCUT2D eigenvalue weighted by Gasteiger charge is -2.13. The third-order valence-electron chi connectivity index (χ3n) is 2.83. The second-order valence-corrected chi connectivity index (χ2v) is 5.45. The summed E-state index contributed by atoms with van der Waals surface area (Å²) in [4.78, 5) is 5.73. The maximum Gasteiger partial charge on any atom is 0.0900 e. The topological polar surface area (TPSA) is 45.1 Å². The molecule has 16 heavy (non-hydrogen) atoms. The van der Waals surface area contributed by atoms with Gasteiger partial charge in [0.05, 0.1) is 10.7 Å². The summed E-state index contributed by atoms with van der Waals surface area (Å²) >= 11 is 1.76. The number of hydrogen-bond acceptors (Lipinski definition) is 4. The van der Waals surface area contributed by atoms with Gasteiger partial charge in [-0.25, -0.2) is 4.98 Å². The summed E-state index contributed by atoms with van der Waals surface area (Å²) in [5.41, 5.74) is 1.14. The molecule has 1 aromatic heterocycles. The molecule has 92 valence electrons. The van der Waals surface area contributed by atoms with Crippen molar-refractivity contribution in [2.24, 2.45) is 5.92 Å². The minimum absolute atomic E-state index is 0.291. The number of hydrogen-bond donors (Lipinski definition) is 2. The van der Waals surface area contributed by atoms with Crippen molar-refractivity contribution in [3.63, 3.8) is 0 Å². The highest BCUT2D eigenvalue weighted by Crippen LogP contribution is 2.16. The molecule has 0 amide bonds. The van der Waals surface area contributed by atoms with Gasteiger partial charge in [-0.15, -0.1) is 11.3 Å². The average molecular weight is 242 g/mol. The molecule has 0 saturated heterocycles. The number of aliphatic hydroxyl groups excluding tert-OH is 1. The lowest BCUT2D eigenvalue weighted by atomic mass is 10.0. The minimum atomic E-state index is 0.291. The standard InChI is InChI=1S/C12H22N2OS/c1-4-11(5-6-15)7-13-8-12-9(2)14-10(3)16-12/h11,13,15H,4-8H2,1-3H3. The summed E-state index contributed by atoms with van der Waals surface area (Å²) in [6.45, 7) is 8.45. The Morgan fingerprint density at radius 3 is 2.69 bits per heavy atom. The number of rotatable bonds is 7. The number of thiazole rings is 1. The predicted molar refractivity (Wildman–Crippen MR) is 68.8 cm³/mol. The number of aromatic nitrogens is 1. The third kappa shape index (κ3) is 4.20. The molecule has 0 aliphatic rings. The van der Waals surface area contributed by atoms with E-state index < -0.39 is 0 Å². The monoisotopic (exact) mass is 242 g/mol. The van der Waals surface area contributed by atoms with Gasteiger partial charge < -0.3 is 10.4 Å². The van der Waals surface area contributed by atoms with Gasteiger partial charge in [0, 0.05) is 18.0 Å². The van der Waals surface area contributed by atoms with E-state index in [9.17, 15) is 0 Å². The molecule has 0 aliphatic carbocycles. The van der Waals surface area contributed by atoms with Crippen molar-refractivity contribution in [2.75, 3.05) is 13.2 Å². The van der Waals surface area contributed by atoms with E-state index in [0.717, 1.165) is 36.6 Å². The van der Waals surface area contributed by atoms with Crippen LogP contribution in [0.4, 0.5) is 0 Å². The van der Waals surface area contributed by atoms with Crippen LogP contribution in [0.25, 0.3) is 0 Å². The average Bonchev–Trinajstić information content (AvgIpc) is 2.56. The van der Waals surface area contributed by atoms with Crippen LogP contribution in [-0.2, 0) is 6.54 Å². The second-order valence-electron chi connectivity index (χ2n) is 4.16. The first-order valence-electron chi connectivity index (χ1n) is 5.91. The van der Waals surface area contributed by atoms with Crippen LogP contribution in [0, 0.1) is 19.8 Å². The lowest BCUT2D eigenvalue weighted by molar-refractivity contribution is 0.251. The van der Waals surface area contributed by atoms with E-state index in [-0.39, 0.29) is 0 Å². The van der Waals surface area contributed by atoms with Gasteiger partial charge in [-0.1, -0.05) is 13.3 Å². The summed E-state index contributed by atoms with van der Waals surface area (Å²) < 4.78 is 0. The molecule has 0 fully saturated rings. The Labute approximate surface area is 102 Å². The molecule has 0 bridgehead atoms. The number of aryl methyl sites for hydroxylation is 2. The molecular formula is C12H22N2OS. The van der Waals surface area contributed by atoms with Crippen LogP contribution < -0.4 is 5.32 Å². The van der Waals surface area contributed by atoms with E-state index in [1.54, 1.807) is 11.3 Å². The quantitative estimate of drug-likeness (QED) is 0.771. The van der Waals surface area contributed by atoms with Gasteiger partial charge in [0.1, 0.15) is 0 Å². The molecule has 1 heterocycles. The summed E-state index contributed by atoms with van der Waals surface area (Å²) in [6, 6.07) is 0. The SMILES string of the molecule is CCC(CCO)CNCc1sc(C)nc1C. The van der Waals surface area contributed by atoms with Gasteiger partial charge >= 0.3 is 0 Å². The highest BCUT2D eigenvalue weighted by Gasteiger charge is 2.07. The Kier molecular flexibility index (Phi) is 5.95. The molecule has 0 aromatic carbocycles. The van der Waals surface area contributed by atoms with E-state index in [0.29, 0.717) is 12.5 Å². The first-order chi connectivity index (χ1) is 7.67. The van der Waals surface area contributed by atoms with Crippen molar-refractivity contribution in [2.45, 2.75) is 40.2 Å². The van der Waals surface area contributed by atoms with Crippen LogP contribution in [0.15, 0.2) is 0 Å². The molecule has 1 rings (SSSR count). The zero-order valence-corrected chi connectivity index (χ0v) is 11.2. The molecule has 0 aliphatic heterocycles. The second kappa shape index (κ2) is 6.99. The predicted octanol–water partition coefficient (Wildman–Crippen LogP) is 2.26. The van der Waals surface area contributed by atoms with Crippen molar-refractivity contribution < 1.29 is 5.11 Å². The Bertz CT molecular complexity index is 312. The van der Waals surface area contributed by atoms with Crippen molar-refractivity contribution in [1.29, 1.82) is 0 Å². The molecule has 1 atom stereocenters. The molecule has 4 heteroatoms. The highest BCUT2D eigenvalue weighted by molar-refractivity contribution is 7.11. The van der Waals surface area contributed by atoms with Crippen molar-refractivity contribution in [3.05, 3.63) is 15.6 Å². The molecule has 0 spiro atoms. The highest BCUT2D eigenvalue weighted by atomic mass is 32.1. The Hall–Kier alpha value is -0.450. The van der Waals surface area contributed by atoms with Gasteiger partial charge in [0.15, 0.2) is 0 Å². The lowest BCUT2D eigenvalue weighted by Crippen LogP contribution is -2.22. The smallest absolute Gasteiger partial charge is 0.0900 e. The summed E-state index contributed by atoms with van der Waals surface area (Å²) in [5.74, 6) is 0.583. The van der Waals surface area contributed by atoms with Crippen LogP contribution in [0.1, 0.15) is 35.3 Å². The normalized spacial score (nSPS) is 13.0. The van der Waals surface area contributed by atoms with Crippen LogP contribution in [-0.4, -0.2) is 23.2 Å². The fraction of sp³-hybridized carbons (Fsp3) is 0.750. The summed E-state index contributed by atoms with van der Waals surface area (Å²) in [6.07, 6.45) is 2.01. The Morgan fingerprint density at radius 1 is 1.44 bits per heavy atom. The van der Waals surface area contributed by atoms with Crippen molar-refractivity contribution in [3.8, 4) is 0 Å². The first kappa shape index (κ1) is 13.6. The van der Waals surface area contributed by atoms with Crippen LogP contribution in [0.2, 0.25) is 0 Å². The summed E-state index contributed by atoms with van der Waals surface area (Å²) in [5, 5.41) is 13.5. The molecule has 2 N–H and O–H groups in total. The molecule has 1 aromatic rings. The molecule has 3 nitrogen and oxygen atoms in total. The van der Waals surface area contributed by atoms with Crippen LogP contribution in [0.3, 0.4) is 0 Å². The number of aliphatic hydroxyl groups is 1. The molecule has 1 unspecified atom stereocenters. The van der Waals surface area contributed by atoms with E-state index in [4.69, 9.17) is 5.11 Å². The van der Waals surface area contributed by atoms with Gasteiger partial charge in [0.2, 0.25) is 0 Å². The molecular weight excluding hydrogens is 220 g/mol. The Morgan fingerprint density at radius 2 is 2.19 bits per heavy atom. The van der Waals surface area contributed by atoms with E-state index >= 15 is 0 Å². The zero-order chi connectivity index (χ0) is 12.0. The Balaban J connectivity index is 2.32. The van der Waals surface area contributed by atoms with E-state index in [1.165, 1.54) is 4.88 Å². The van der Waals surface area contributed by atoms with Gasteiger partial charge in [0.25, 0.3) is 0 Å². The molecule has 0 saturated carbocycles. The maximum atomic E-state index is 8.90. The largest absolute Gasteiger partial charge is 0.396 e. The molecule has 0 radical (unpaired) electrons. The minimum Gasteiger partial charge on any atom is -0.396 e. The zero-order valence-electron chi connectivity index (χ0n) is 10.4. The van der Waals surface area contributed by atoms with E-state index in [1.807, 2.05) is 6.92 Å². The van der Waals surface area contributed by atoms with Crippen LogP contribution >= 0.6 is 11.3 Å². The van der Waals surface area contributed by atoms with E-state index in [2.05, 4.69) is 24.1 Å². The number of nitrogens with zero attached hydrogens (tertiary/aromatic N) is 1. The third-order valence-corrected chi connectivity index (χ3v) is 3.91. The van der Waals surface area contributed by atoms with Gasteiger partial charge in [-0.3, -0.25) is 0 Å². The van der Waals surface area contributed by atoms with Crippen molar-refractivity contribution in [1.82, 2.24) is 10.3 Å². The van der Waals surface area contributed by atoms with Crippen LogP contribution in [0.5, 0.6) is 0 Å². The maximum absolute atomic E-state index is 8.90. The number of nitrogens with one attached hydrogen (secondary N) is 1. The fourth-order valence-corrected chi connectivity index (χ4v) is 2.67. The van der Waals surface area contributed by atoms with Gasteiger partial charge in [-0.05, 0) is 32.7 Å². The summed E-state index contributed by atoms with van der Waals surface area (Å²) in [7, 11) is 0. The first-order valence-corrected chi connectivity index (χ1v) is 6.73.